The molecular formula is C10H18O3. The lowest BCUT2D eigenvalue weighted by molar-refractivity contribution is -0.173. The van der Waals surface area contributed by atoms with Gasteiger partial charge in [-0.2, -0.15) is 0 Å². The van der Waals surface area contributed by atoms with Crippen molar-refractivity contribution in [1.82, 2.24) is 0 Å². The van der Waals surface area contributed by atoms with Crippen LogP contribution >= 0.6 is 0 Å². The van der Waals surface area contributed by atoms with Crippen LogP contribution in [0, 0.1) is 5.41 Å². The molecule has 0 spiro atoms. The Labute approximate surface area is 79.4 Å². The zero-order valence-electron chi connectivity index (χ0n) is 8.63. The van der Waals surface area contributed by atoms with Crippen LogP contribution in [0.25, 0.3) is 0 Å². The van der Waals surface area contributed by atoms with Crippen LogP contribution in [0.2, 0.25) is 0 Å². The standard InChI is InChI=1S/C10H18O3/c1-4-13-9(11)10(6-5-7-10)8(2)12-3/h8H,4-7H2,1-3H3. The molecule has 0 amide bonds. The van der Waals surface area contributed by atoms with E-state index in [-0.39, 0.29) is 17.5 Å². The molecule has 76 valence electrons. The highest BCUT2D eigenvalue weighted by Crippen LogP contribution is 2.45. The third-order valence-electron chi connectivity index (χ3n) is 3.06. The van der Waals surface area contributed by atoms with Crippen molar-refractivity contribution in [3.63, 3.8) is 0 Å². The maximum atomic E-state index is 11.6. The Kier molecular flexibility index (Phi) is 3.31. The molecule has 0 radical (unpaired) electrons. The van der Waals surface area contributed by atoms with Crippen molar-refractivity contribution < 1.29 is 14.3 Å². The molecule has 0 aromatic carbocycles. The lowest BCUT2D eigenvalue weighted by Crippen LogP contribution is -2.48. The number of esters is 1. The first-order valence-electron chi connectivity index (χ1n) is 4.87. The number of carbonyl (C=O) groups is 1. The summed E-state index contributed by atoms with van der Waals surface area (Å²) in [6.45, 7) is 4.23. The highest BCUT2D eigenvalue weighted by atomic mass is 16.5. The van der Waals surface area contributed by atoms with Crippen LogP contribution in [0.3, 0.4) is 0 Å². The molecule has 1 fully saturated rings. The minimum atomic E-state index is -0.342. The SMILES string of the molecule is CCOC(=O)C1(C(C)OC)CCC1. The van der Waals surface area contributed by atoms with E-state index in [1.54, 1.807) is 7.11 Å². The molecule has 0 aromatic heterocycles. The maximum Gasteiger partial charge on any atom is 0.314 e. The van der Waals surface area contributed by atoms with Crippen LogP contribution in [0.1, 0.15) is 33.1 Å². The fourth-order valence-electron chi connectivity index (χ4n) is 1.83. The summed E-state index contributed by atoms with van der Waals surface area (Å²) in [5.74, 6) is -0.0874. The molecule has 1 aliphatic carbocycles. The van der Waals surface area contributed by atoms with Gasteiger partial charge in [-0.05, 0) is 26.7 Å². The van der Waals surface area contributed by atoms with Crippen molar-refractivity contribution >= 4 is 5.97 Å². The summed E-state index contributed by atoms with van der Waals surface area (Å²) >= 11 is 0. The summed E-state index contributed by atoms with van der Waals surface area (Å²) in [5.41, 5.74) is -0.342. The Morgan fingerprint density at radius 2 is 2.15 bits per heavy atom. The Bertz CT molecular complexity index is 185. The van der Waals surface area contributed by atoms with Crippen LogP contribution in [-0.4, -0.2) is 25.8 Å². The van der Waals surface area contributed by atoms with E-state index in [2.05, 4.69) is 0 Å². The molecular weight excluding hydrogens is 168 g/mol. The van der Waals surface area contributed by atoms with Crippen LogP contribution < -0.4 is 0 Å². The van der Waals surface area contributed by atoms with Crippen LogP contribution in [0.15, 0.2) is 0 Å². The quantitative estimate of drug-likeness (QED) is 0.627. The van der Waals surface area contributed by atoms with Crippen molar-refractivity contribution in [3.05, 3.63) is 0 Å². The monoisotopic (exact) mass is 186 g/mol. The van der Waals surface area contributed by atoms with Crippen molar-refractivity contribution in [3.8, 4) is 0 Å². The Morgan fingerprint density at radius 1 is 1.54 bits per heavy atom. The van der Waals surface area contributed by atoms with Gasteiger partial charge in [-0.25, -0.2) is 0 Å². The predicted octanol–water partition coefficient (Wildman–Crippen LogP) is 1.75. The molecule has 1 aliphatic rings. The van der Waals surface area contributed by atoms with E-state index >= 15 is 0 Å². The summed E-state index contributed by atoms with van der Waals surface area (Å²) in [7, 11) is 1.64. The first-order chi connectivity index (χ1) is 6.17. The number of hydrogen-bond donors (Lipinski definition) is 0. The summed E-state index contributed by atoms with van der Waals surface area (Å²) < 4.78 is 10.3. The summed E-state index contributed by atoms with van der Waals surface area (Å²) in [5, 5.41) is 0. The van der Waals surface area contributed by atoms with Gasteiger partial charge in [-0.1, -0.05) is 6.42 Å². The van der Waals surface area contributed by atoms with Gasteiger partial charge in [-0.3, -0.25) is 4.79 Å². The molecule has 13 heavy (non-hydrogen) atoms. The number of hydrogen-bond acceptors (Lipinski definition) is 3. The second kappa shape index (κ2) is 4.09. The fourth-order valence-corrected chi connectivity index (χ4v) is 1.83. The third kappa shape index (κ3) is 1.70. The number of methoxy groups -OCH3 is 1. The van der Waals surface area contributed by atoms with Gasteiger partial charge in [0.15, 0.2) is 0 Å². The van der Waals surface area contributed by atoms with E-state index in [9.17, 15) is 4.79 Å². The topological polar surface area (TPSA) is 35.5 Å². The Balaban J connectivity index is 2.63. The third-order valence-corrected chi connectivity index (χ3v) is 3.06. The van der Waals surface area contributed by atoms with Gasteiger partial charge in [0.05, 0.1) is 18.1 Å². The lowest BCUT2D eigenvalue weighted by atomic mass is 9.65. The van der Waals surface area contributed by atoms with E-state index in [1.807, 2.05) is 13.8 Å². The number of carbonyl (C=O) groups excluding carboxylic acids is 1. The van der Waals surface area contributed by atoms with E-state index in [0.29, 0.717) is 6.61 Å². The average molecular weight is 186 g/mol. The smallest absolute Gasteiger partial charge is 0.314 e. The van der Waals surface area contributed by atoms with Crippen molar-refractivity contribution in [1.29, 1.82) is 0 Å². The first kappa shape index (κ1) is 10.5. The molecule has 1 saturated carbocycles. The van der Waals surface area contributed by atoms with Gasteiger partial charge in [-0.15, -0.1) is 0 Å². The molecule has 0 bridgehead atoms. The van der Waals surface area contributed by atoms with E-state index in [4.69, 9.17) is 9.47 Å². The van der Waals surface area contributed by atoms with Crippen LogP contribution in [0.4, 0.5) is 0 Å². The molecule has 0 N–H and O–H groups in total. The van der Waals surface area contributed by atoms with Crippen molar-refractivity contribution in [2.45, 2.75) is 39.2 Å². The fraction of sp³-hybridized carbons (Fsp3) is 0.900. The van der Waals surface area contributed by atoms with Gasteiger partial charge in [0, 0.05) is 7.11 Å². The highest BCUT2D eigenvalue weighted by Gasteiger charge is 2.50. The van der Waals surface area contributed by atoms with Gasteiger partial charge in [0.1, 0.15) is 0 Å². The summed E-state index contributed by atoms with van der Waals surface area (Å²) in [4.78, 5) is 11.6. The Hall–Kier alpha value is -0.570. The average Bonchev–Trinajstić information content (AvgIpc) is 2.02. The molecule has 1 atom stereocenters. The van der Waals surface area contributed by atoms with E-state index in [0.717, 1.165) is 19.3 Å². The molecule has 3 heteroatoms. The van der Waals surface area contributed by atoms with Gasteiger partial charge >= 0.3 is 5.97 Å². The first-order valence-corrected chi connectivity index (χ1v) is 4.87. The number of rotatable bonds is 4. The van der Waals surface area contributed by atoms with Crippen molar-refractivity contribution in [2.24, 2.45) is 5.41 Å². The maximum absolute atomic E-state index is 11.6. The van der Waals surface area contributed by atoms with Gasteiger partial charge < -0.3 is 9.47 Å². The zero-order chi connectivity index (χ0) is 9.90. The molecule has 3 nitrogen and oxygen atoms in total. The largest absolute Gasteiger partial charge is 0.465 e. The number of ether oxygens (including phenoxy) is 2. The lowest BCUT2D eigenvalue weighted by Gasteiger charge is -2.42. The minimum absolute atomic E-state index is 0.0275. The van der Waals surface area contributed by atoms with E-state index in [1.165, 1.54) is 0 Å². The van der Waals surface area contributed by atoms with Crippen molar-refractivity contribution in [2.75, 3.05) is 13.7 Å². The van der Waals surface area contributed by atoms with E-state index < -0.39 is 0 Å². The predicted molar refractivity (Wildman–Crippen MR) is 49.4 cm³/mol. The highest BCUT2D eigenvalue weighted by molar-refractivity contribution is 5.78. The molecule has 1 unspecified atom stereocenters. The molecule has 0 aromatic rings. The second-order valence-corrected chi connectivity index (χ2v) is 3.61. The normalized spacial score (nSPS) is 21.8. The summed E-state index contributed by atoms with van der Waals surface area (Å²) in [6.07, 6.45) is 2.88. The molecule has 0 saturated heterocycles. The van der Waals surface area contributed by atoms with Crippen LogP contribution in [0.5, 0.6) is 0 Å². The minimum Gasteiger partial charge on any atom is -0.465 e. The molecule has 1 rings (SSSR count). The Morgan fingerprint density at radius 3 is 2.46 bits per heavy atom. The van der Waals surface area contributed by atoms with Gasteiger partial charge in [0.25, 0.3) is 0 Å². The zero-order valence-corrected chi connectivity index (χ0v) is 8.63. The van der Waals surface area contributed by atoms with Gasteiger partial charge in [0.2, 0.25) is 0 Å². The second-order valence-electron chi connectivity index (χ2n) is 3.61. The van der Waals surface area contributed by atoms with Crippen LogP contribution in [-0.2, 0) is 14.3 Å². The molecule has 0 heterocycles. The molecule has 0 aliphatic heterocycles. The summed E-state index contributed by atoms with van der Waals surface area (Å²) in [6, 6.07) is 0.